The molecule has 0 aliphatic carbocycles. The molecule has 0 fully saturated rings. The molecule has 1 aromatic rings. The van der Waals surface area contributed by atoms with Crippen LogP contribution in [0.15, 0.2) is 24.3 Å². The van der Waals surface area contributed by atoms with E-state index in [1.807, 2.05) is 55.4 Å². The van der Waals surface area contributed by atoms with Gasteiger partial charge in [0.25, 0.3) is 0 Å². The molecule has 1 atom stereocenters. The van der Waals surface area contributed by atoms with Gasteiger partial charge in [-0.3, -0.25) is 9.59 Å². The molecule has 0 aliphatic heterocycles. The van der Waals surface area contributed by atoms with E-state index in [1.54, 1.807) is 12.1 Å². The minimum Gasteiger partial charge on any atom is -0.460 e. The first-order valence-electron chi connectivity index (χ1n) is 10.1. The largest absolute Gasteiger partial charge is 0.460 e. The van der Waals surface area contributed by atoms with E-state index in [4.69, 9.17) is 4.74 Å². The minimum absolute atomic E-state index is 0.113. The van der Waals surface area contributed by atoms with E-state index in [0.29, 0.717) is 5.92 Å². The number of carbonyl (C=O) groups excluding carboxylic acids is 2. The molecule has 0 N–H and O–H groups in total. The van der Waals surface area contributed by atoms with Gasteiger partial charge < -0.3 is 9.47 Å². The molecule has 0 bridgehead atoms. The second-order valence-electron chi connectivity index (χ2n) is 8.88. The summed E-state index contributed by atoms with van der Waals surface area (Å²) in [6.45, 7) is 15.5. The Labute approximate surface area is 178 Å². The molecule has 0 amide bonds. The molecule has 0 aromatic heterocycles. The van der Waals surface area contributed by atoms with Crippen molar-refractivity contribution in [3.05, 3.63) is 29.8 Å². The minimum atomic E-state index is -4.53. The van der Waals surface area contributed by atoms with Gasteiger partial charge in [-0.2, -0.15) is 13.2 Å². The van der Waals surface area contributed by atoms with Crippen LogP contribution in [0.3, 0.4) is 0 Å². The normalized spacial score (nSPS) is 13.0. The van der Waals surface area contributed by atoms with E-state index < -0.39 is 18.6 Å². The molecule has 1 unspecified atom stereocenters. The smallest absolute Gasteiger partial charge is 0.399 e. The van der Waals surface area contributed by atoms with Crippen molar-refractivity contribution in [1.82, 2.24) is 0 Å². The van der Waals surface area contributed by atoms with Crippen molar-refractivity contribution in [3.63, 3.8) is 0 Å². The second-order valence-corrected chi connectivity index (χ2v) is 8.88. The van der Waals surface area contributed by atoms with Gasteiger partial charge in [-0.05, 0) is 71.1 Å². The Balaban J connectivity index is 0.000000612. The summed E-state index contributed by atoms with van der Waals surface area (Å²) in [6.07, 6.45) is -4.33. The molecule has 0 radical (unpaired) electrons. The van der Waals surface area contributed by atoms with Gasteiger partial charge >= 0.3 is 18.1 Å². The molecule has 30 heavy (non-hydrogen) atoms. The van der Waals surface area contributed by atoms with Crippen LogP contribution >= 0.6 is 0 Å². The molecular weight excluding hydrogens is 397 g/mol. The molecule has 0 aliphatic rings. The Bertz CT molecular complexity index is 671. The lowest BCUT2D eigenvalue weighted by molar-refractivity contribution is -0.166. The molecule has 7 heteroatoms. The van der Waals surface area contributed by atoms with Crippen molar-refractivity contribution in [1.29, 1.82) is 0 Å². The summed E-state index contributed by atoms with van der Waals surface area (Å²) in [5.74, 6) is -0.905. The zero-order valence-corrected chi connectivity index (χ0v) is 19.3. The maximum Gasteiger partial charge on any atom is 0.399 e. The third kappa shape index (κ3) is 11.8. The highest BCUT2D eigenvalue weighted by atomic mass is 19.4. The van der Waals surface area contributed by atoms with Crippen molar-refractivity contribution >= 4 is 11.9 Å². The van der Waals surface area contributed by atoms with Crippen molar-refractivity contribution in [2.24, 2.45) is 5.41 Å². The fourth-order valence-electron chi connectivity index (χ4n) is 1.99. The second kappa shape index (κ2) is 11.4. The lowest BCUT2D eigenvalue weighted by Crippen LogP contribution is -2.33. The lowest BCUT2D eigenvalue weighted by Gasteiger charge is -2.27. The quantitative estimate of drug-likeness (QED) is 0.365. The van der Waals surface area contributed by atoms with Crippen LogP contribution in [0.5, 0.6) is 5.75 Å². The van der Waals surface area contributed by atoms with Crippen molar-refractivity contribution < 1.29 is 32.2 Å². The monoisotopic (exact) mass is 432 g/mol. The molecule has 1 aromatic carbocycles. The van der Waals surface area contributed by atoms with Gasteiger partial charge in [0.05, 0.1) is 5.41 Å². The standard InChI is InChI=1S/C13H15F3O2.C10H20O2/c1-3-9(2)10-4-6-11(7-5-10)18-12(17)8-13(14,15)16;1-7-10(5,6)8(11)12-9(2,3)4/h4-7,9H,3,8H2,1-2H3;7H2,1-6H3. The number of benzene rings is 1. The van der Waals surface area contributed by atoms with Crippen LogP contribution in [0.4, 0.5) is 13.2 Å². The Morgan fingerprint density at radius 2 is 1.47 bits per heavy atom. The fraction of sp³-hybridized carbons (Fsp3) is 0.652. The highest BCUT2D eigenvalue weighted by molar-refractivity contribution is 5.76. The van der Waals surface area contributed by atoms with Gasteiger partial charge in [0.1, 0.15) is 17.8 Å². The topological polar surface area (TPSA) is 52.6 Å². The van der Waals surface area contributed by atoms with Gasteiger partial charge in [0.15, 0.2) is 0 Å². The zero-order chi connectivity index (χ0) is 23.8. The average molecular weight is 433 g/mol. The third-order valence-electron chi connectivity index (χ3n) is 4.47. The van der Waals surface area contributed by atoms with Crippen LogP contribution in [0, 0.1) is 5.41 Å². The predicted octanol–water partition coefficient (Wildman–Crippen LogP) is 6.82. The zero-order valence-electron chi connectivity index (χ0n) is 19.3. The maximum absolute atomic E-state index is 11.9. The molecule has 0 saturated heterocycles. The van der Waals surface area contributed by atoms with Crippen molar-refractivity contribution in [2.45, 2.75) is 92.3 Å². The number of carbonyl (C=O) groups is 2. The van der Waals surface area contributed by atoms with Crippen molar-refractivity contribution in [2.75, 3.05) is 0 Å². The number of hydrogen-bond donors (Lipinski definition) is 0. The Hall–Kier alpha value is -2.05. The van der Waals surface area contributed by atoms with E-state index >= 15 is 0 Å². The first-order chi connectivity index (χ1) is 13.5. The lowest BCUT2D eigenvalue weighted by atomic mass is 9.90. The first kappa shape index (κ1) is 27.9. The molecule has 0 saturated carbocycles. The molecule has 1 rings (SSSR count). The molecule has 0 spiro atoms. The van der Waals surface area contributed by atoms with Crippen LogP contribution < -0.4 is 4.74 Å². The molecule has 0 heterocycles. The number of rotatable bonds is 6. The molecule has 172 valence electrons. The SMILES string of the molecule is CCC(C)(C)C(=O)OC(C)(C)C.CCC(C)c1ccc(OC(=O)CC(F)(F)F)cc1. The van der Waals surface area contributed by atoms with Crippen LogP contribution in [0.1, 0.15) is 86.1 Å². The molecule has 4 nitrogen and oxygen atoms in total. The summed E-state index contributed by atoms with van der Waals surface area (Å²) in [5.41, 5.74) is 0.338. The Morgan fingerprint density at radius 1 is 0.967 bits per heavy atom. The Morgan fingerprint density at radius 3 is 1.83 bits per heavy atom. The van der Waals surface area contributed by atoms with Gasteiger partial charge in [0.2, 0.25) is 0 Å². The van der Waals surface area contributed by atoms with E-state index in [2.05, 4.69) is 4.74 Å². The highest BCUT2D eigenvalue weighted by Gasteiger charge is 2.32. The predicted molar refractivity (Wildman–Crippen MR) is 111 cm³/mol. The highest BCUT2D eigenvalue weighted by Crippen LogP contribution is 2.25. The summed E-state index contributed by atoms with van der Waals surface area (Å²) in [5, 5.41) is 0. The number of ether oxygens (including phenoxy) is 2. The van der Waals surface area contributed by atoms with Gasteiger partial charge in [-0.1, -0.05) is 32.9 Å². The average Bonchev–Trinajstić information content (AvgIpc) is 2.59. The van der Waals surface area contributed by atoms with Crippen LogP contribution in [-0.2, 0) is 14.3 Å². The Kier molecular flexibility index (Phi) is 10.6. The summed E-state index contributed by atoms with van der Waals surface area (Å²) >= 11 is 0. The van der Waals surface area contributed by atoms with Gasteiger partial charge in [0, 0.05) is 0 Å². The third-order valence-corrected chi connectivity index (χ3v) is 4.47. The van der Waals surface area contributed by atoms with E-state index in [9.17, 15) is 22.8 Å². The van der Waals surface area contributed by atoms with E-state index in [1.165, 1.54) is 12.1 Å². The van der Waals surface area contributed by atoms with Crippen LogP contribution in [0.25, 0.3) is 0 Å². The maximum atomic E-state index is 11.9. The number of esters is 2. The molecular formula is C23H35F3O4. The van der Waals surface area contributed by atoms with E-state index in [-0.39, 0.29) is 22.7 Å². The summed E-state index contributed by atoms with van der Waals surface area (Å²) in [6, 6.07) is 6.53. The fourth-order valence-corrected chi connectivity index (χ4v) is 1.99. The van der Waals surface area contributed by atoms with Gasteiger partial charge in [-0.25, -0.2) is 0 Å². The number of alkyl halides is 3. The summed E-state index contributed by atoms with van der Waals surface area (Å²) in [4.78, 5) is 22.5. The van der Waals surface area contributed by atoms with E-state index in [0.717, 1.165) is 18.4 Å². The number of halogens is 3. The van der Waals surface area contributed by atoms with Crippen LogP contribution in [0.2, 0.25) is 0 Å². The number of hydrogen-bond acceptors (Lipinski definition) is 4. The van der Waals surface area contributed by atoms with Crippen molar-refractivity contribution in [3.8, 4) is 5.75 Å². The van der Waals surface area contributed by atoms with Gasteiger partial charge in [-0.15, -0.1) is 0 Å². The first-order valence-corrected chi connectivity index (χ1v) is 10.1. The summed E-state index contributed by atoms with van der Waals surface area (Å²) in [7, 11) is 0. The van der Waals surface area contributed by atoms with Crippen LogP contribution in [-0.4, -0.2) is 23.7 Å². The summed E-state index contributed by atoms with van der Waals surface area (Å²) < 4.78 is 45.6.